The average molecular weight is 587 g/mol. The first-order valence-corrected chi connectivity index (χ1v) is 14.8. The number of benzene rings is 3. The molecule has 43 heavy (non-hydrogen) atoms. The second kappa shape index (κ2) is 13.0. The summed E-state index contributed by atoms with van der Waals surface area (Å²) in [6.45, 7) is 12.2. The van der Waals surface area contributed by atoms with E-state index in [-0.39, 0.29) is 11.8 Å². The molecule has 1 saturated carbocycles. The van der Waals surface area contributed by atoms with Crippen molar-refractivity contribution in [3.8, 4) is 11.5 Å². The molecule has 3 N–H and O–H groups in total. The van der Waals surface area contributed by atoms with Crippen molar-refractivity contribution in [3.05, 3.63) is 83.9 Å². The summed E-state index contributed by atoms with van der Waals surface area (Å²) < 4.78 is 11.4. The molecule has 1 aliphatic carbocycles. The minimum Gasteiger partial charge on any atom is -0.492 e. The zero-order valence-corrected chi connectivity index (χ0v) is 25.8. The van der Waals surface area contributed by atoms with Crippen LogP contribution < -0.4 is 20.1 Å². The average Bonchev–Trinajstić information content (AvgIpc) is 2.94. The lowest BCUT2D eigenvalue weighted by Gasteiger charge is -2.44. The predicted molar refractivity (Wildman–Crippen MR) is 168 cm³/mol. The van der Waals surface area contributed by atoms with Crippen LogP contribution in [0.2, 0.25) is 0 Å². The molecule has 0 bridgehead atoms. The van der Waals surface area contributed by atoms with Crippen molar-refractivity contribution in [2.45, 2.75) is 64.9 Å². The van der Waals surface area contributed by atoms with Crippen molar-refractivity contribution < 1.29 is 29.0 Å². The molecule has 0 aliphatic heterocycles. The highest BCUT2D eigenvalue weighted by atomic mass is 16.5. The molecule has 228 valence electrons. The molecule has 0 heterocycles. The summed E-state index contributed by atoms with van der Waals surface area (Å²) in [6, 6.07) is 21.6. The first-order valence-electron chi connectivity index (χ1n) is 14.8. The molecule has 8 heteroatoms. The minimum absolute atomic E-state index is 0.133. The maximum atomic E-state index is 14.1. The largest absolute Gasteiger partial charge is 0.492 e. The maximum Gasteiger partial charge on any atom is 0.235 e. The number of carbonyl (C=O) groups excluding carboxylic acids is 3. The Morgan fingerprint density at radius 1 is 0.837 bits per heavy atom. The molecule has 0 aromatic heterocycles. The van der Waals surface area contributed by atoms with E-state index in [2.05, 4.69) is 31.4 Å². The van der Waals surface area contributed by atoms with Crippen LogP contribution in [0.25, 0.3) is 0 Å². The Labute approximate surface area is 253 Å². The predicted octanol–water partition coefficient (Wildman–Crippen LogP) is 6.10. The Morgan fingerprint density at radius 2 is 1.33 bits per heavy atom. The van der Waals surface area contributed by atoms with E-state index in [4.69, 9.17) is 9.47 Å². The van der Waals surface area contributed by atoms with Gasteiger partial charge in [0, 0.05) is 12.3 Å². The van der Waals surface area contributed by atoms with E-state index in [0.29, 0.717) is 41.7 Å². The van der Waals surface area contributed by atoms with Gasteiger partial charge in [0.1, 0.15) is 23.2 Å². The lowest BCUT2D eigenvalue weighted by Crippen LogP contribution is -2.56. The van der Waals surface area contributed by atoms with Gasteiger partial charge in [-0.1, -0.05) is 69.3 Å². The van der Waals surface area contributed by atoms with Crippen LogP contribution in [0.5, 0.6) is 11.5 Å². The number of hydrogen-bond donors (Lipinski definition) is 3. The molecule has 1 aliphatic rings. The maximum absolute atomic E-state index is 14.1. The molecule has 3 aromatic rings. The van der Waals surface area contributed by atoms with Crippen LogP contribution in [0.15, 0.2) is 72.8 Å². The van der Waals surface area contributed by atoms with Gasteiger partial charge in [-0.2, -0.15) is 0 Å². The van der Waals surface area contributed by atoms with Crippen LogP contribution in [-0.2, 0) is 19.8 Å². The topological polar surface area (TPSA) is 114 Å². The Balaban J connectivity index is 1.80. The summed E-state index contributed by atoms with van der Waals surface area (Å²) in [5.41, 5.74) is 0.672. The van der Waals surface area contributed by atoms with E-state index in [1.807, 2.05) is 38.1 Å². The highest BCUT2D eigenvalue weighted by Crippen LogP contribution is 2.47. The molecule has 3 aromatic carbocycles. The van der Waals surface area contributed by atoms with E-state index in [1.165, 1.54) is 6.92 Å². The van der Waals surface area contributed by atoms with Gasteiger partial charge in [-0.3, -0.25) is 14.4 Å². The number of carbonyl (C=O) groups is 3. The number of nitrogens with one attached hydrogen (secondary N) is 2. The van der Waals surface area contributed by atoms with Crippen molar-refractivity contribution in [1.29, 1.82) is 0 Å². The molecule has 0 saturated heterocycles. The SMILES string of the molecule is CCOc1ccccc1NC(=O)C1C(=O)CC(C)(O)C(C(=O)Nc2ccccc2OCC)C1c1ccc(C(C)(C)C)cc1. The third-order valence-corrected chi connectivity index (χ3v) is 7.88. The molecule has 0 radical (unpaired) electrons. The van der Waals surface area contributed by atoms with Gasteiger partial charge in [-0.15, -0.1) is 0 Å². The van der Waals surface area contributed by atoms with Crippen LogP contribution in [0.3, 0.4) is 0 Å². The molecular formula is C35H42N2O6. The van der Waals surface area contributed by atoms with E-state index < -0.39 is 41.0 Å². The summed E-state index contributed by atoms with van der Waals surface area (Å²) in [7, 11) is 0. The van der Waals surface area contributed by atoms with Crippen molar-refractivity contribution in [3.63, 3.8) is 0 Å². The van der Waals surface area contributed by atoms with Crippen LogP contribution in [0.1, 0.15) is 65.0 Å². The van der Waals surface area contributed by atoms with E-state index in [9.17, 15) is 19.5 Å². The molecule has 2 amide bonds. The number of hydrogen-bond acceptors (Lipinski definition) is 6. The number of aliphatic hydroxyl groups is 1. The molecule has 1 fully saturated rings. The Hall–Kier alpha value is -4.17. The molecule has 4 atom stereocenters. The summed E-state index contributed by atoms with van der Waals surface area (Å²) in [4.78, 5) is 41.9. The molecule has 8 nitrogen and oxygen atoms in total. The summed E-state index contributed by atoms with van der Waals surface area (Å²) in [6.07, 6.45) is -0.361. The van der Waals surface area contributed by atoms with E-state index in [0.717, 1.165) is 5.56 Å². The quantitative estimate of drug-likeness (QED) is 0.261. The van der Waals surface area contributed by atoms with Crippen LogP contribution >= 0.6 is 0 Å². The normalized spacial score (nSPS) is 22.0. The van der Waals surface area contributed by atoms with Gasteiger partial charge in [0.25, 0.3) is 0 Å². The number of Topliss-reactive ketones (excluding diaryl/α,β-unsaturated/α-hetero) is 1. The Bertz CT molecular complexity index is 1460. The van der Waals surface area contributed by atoms with Crippen LogP contribution in [0.4, 0.5) is 11.4 Å². The fourth-order valence-electron chi connectivity index (χ4n) is 5.82. The van der Waals surface area contributed by atoms with Crippen LogP contribution in [0, 0.1) is 11.8 Å². The molecule has 0 spiro atoms. The highest BCUT2D eigenvalue weighted by molar-refractivity contribution is 6.11. The van der Waals surface area contributed by atoms with E-state index in [1.54, 1.807) is 48.5 Å². The zero-order valence-electron chi connectivity index (χ0n) is 25.8. The molecule has 4 unspecified atom stereocenters. The van der Waals surface area contributed by atoms with Gasteiger partial charge < -0.3 is 25.2 Å². The van der Waals surface area contributed by atoms with Gasteiger partial charge in [-0.05, 0) is 61.6 Å². The first-order chi connectivity index (χ1) is 20.4. The number of para-hydroxylation sites is 4. The van der Waals surface area contributed by atoms with Crippen molar-refractivity contribution in [1.82, 2.24) is 0 Å². The Morgan fingerprint density at radius 3 is 1.81 bits per heavy atom. The number of rotatable bonds is 9. The Kier molecular flexibility index (Phi) is 9.60. The first kappa shape index (κ1) is 31.8. The fraction of sp³-hybridized carbons (Fsp3) is 0.400. The number of ether oxygens (including phenoxy) is 2. The standard InChI is InChI=1S/C35H42N2O6/c1-7-42-27-15-11-9-13-24(27)36-32(39)30-26(38)21-35(6,41)31(29(30)22-17-19-23(20-18-22)34(3,4)5)33(40)37-25-14-10-12-16-28(25)43-8-2/h9-20,29-31,41H,7-8,21H2,1-6H3,(H,36,39)(H,37,40). The molecular weight excluding hydrogens is 544 g/mol. The van der Waals surface area contributed by atoms with Gasteiger partial charge in [0.15, 0.2) is 0 Å². The monoisotopic (exact) mass is 586 g/mol. The second-order valence-electron chi connectivity index (χ2n) is 12.2. The van der Waals surface area contributed by atoms with Gasteiger partial charge in [0.2, 0.25) is 11.8 Å². The third-order valence-electron chi connectivity index (χ3n) is 7.88. The molecule has 4 rings (SSSR count). The zero-order chi connectivity index (χ0) is 31.4. The lowest BCUT2D eigenvalue weighted by molar-refractivity contribution is -0.150. The van der Waals surface area contributed by atoms with E-state index >= 15 is 0 Å². The van der Waals surface area contributed by atoms with Gasteiger partial charge >= 0.3 is 0 Å². The highest BCUT2D eigenvalue weighted by Gasteiger charge is 2.56. The van der Waals surface area contributed by atoms with Crippen molar-refractivity contribution in [2.75, 3.05) is 23.8 Å². The summed E-state index contributed by atoms with van der Waals surface area (Å²) in [5.74, 6) is -3.90. The minimum atomic E-state index is -1.73. The number of ketones is 1. The summed E-state index contributed by atoms with van der Waals surface area (Å²) >= 11 is 0. The van der Waals surface area contributed by atoms with Crippen molar-refractivity contribution in [2.24, 2.45) is 11.8 Å². The van der Waals surface area contributed by atoms with Crippen molar-refractivity contribution >= 4 is 29.0 Å². The fourth-order valence-corrected chi connectivity index (χ4v) is 5.82. The lowest BCUT2D eigenvalue weighted by atomic mass is 9.61. The van der Waals surface area contributed by atoms with Gasteiger partial charge in [-0.25, -0.2) is 0 Å². The van der Waals surface area contributed by atoms with Gasteiger partial charge in [0.05, 0.1) is 36.1 Å². The number of amides is 2. The summed E-state index contributed by atoms with van der Waals surface area (Å²) in [5, 5.41) is 17.5. The smallest absolute Gasteiger partial charge is 0.235 e. The second-order valence-corrected chi connectivity index (χ2v) is 12.2. The number of anilines is 2. The van der Waals surface area contributed by atoms with Crippen LogP contribution in [-0.4, -0.2) is 41.5 Å². The third kappa shape index (κ3) is 7.08.